The molecular formula is C9H9NO2. The van der Waals surface area contributed by atoms with Gasteiger partial charge in [-0.05, 0) is 12.1 Å². The van der Waals surface area contributed by atoms with Crippen LogP contribution in [0.4, 0.5) is 0 Å². The van der Waals surface area contributed by atoms with Crippen molar-refractivity contribution in [2.24, 2.45) is 0 Å². The minimum absolute atomic E-state index is 0.196. The third-order valence-corrected chi connectivity index (χ3v) is 1.36. The van der Waals surface area contributed by atoms with Crippen molar-refractivity contribution in [2.75, 3.05) is 0 Å². The first kappa shape index (κ1) is 8.33. The topological polar surface area (TPSA) is 49.3 Å². The molecule has 1 aromatic rings. The van der Waals surface area contributed by atoms with Crippen LogP contribution in [-0.2, 0) is 4.79 Å². The standard InChI is InChI=1S/C9H9NO2/c11-7-10-6-5-8-3-1-2-4-9(8)12/h1-7,12H,(H,10,11)/b6-5+. The highest BCUT2D eigenvalue weighted by Gasteiger charge is 1.91. The summed E-state index contributed by atoms with van der Waals surface area (Å²) in [7, 11) is 0. The molecule has 2 N–H and O–H groups in total. The van der Waals surface area contributed by atoms with E-state index in [1.807, 2.05) is 0 Å². The molecule has 0 heterocycles. The molecule has 62 valence electrons. The van der Waals surface area contributed by atoms with Gasteiger partial charge < -0.3 is 10.4 Å². The summed E-state index contributed by atoms with van der Waals surface area (Å²) in [6, 6.07) is 6.87. The van der Waals surface area contributed by atoms with Crippen molar-refractivity contribution in [1.82, 2.24) is 5.32 Å². The van der Waals surface area contributed by atoms with Gasteiger partial charge in [0.25, 0.3) is 0 Å². The van der Waals surface area contributed by atoms with E-state index in [1.165, 1.54) is 6.20 Å². The molecule has 0 radical (unpaired) electrons. The second kappa shape index (κ2) is 4.18. The SMILES string of the molecule is O=CN/C=C/c1ccccc1O. The number of carbonyl (C=O) groups is 1. The van der Waals surface area contributed by atoms with E-state index in [9.17, 15) is 9.90 Å². The molecule has 0 aliphatic rings. The van der Waals surface area contributed by atoms with Crippen LogP contribution >= 0.6 is 0 Å². The summed E-state index contributed by atoms with van der Waals surface area (Å²) in [5.74, 6) is 0.196. The summed E-state index contributed by atoms with van der Waals surface area (Å²) in [4.78, 5) is 9.86. The summed E-state index contributed by atoms with van der Waals surface area (Å²) in [6.07, 6.45) is 3.64. The number of nitrogens with one attached hydrogen (secondary N) is 1. The van der Waals surface area contributed by atoms with E-state index in [2.05, 4.69) is 5.32 Å². The Kier molecular flexibility index (Phi) is 2.90. The van der Waals surface area contributed by atoms with Crippen LogP contribution < -0.4 is 5.32 Å². The highest BCUT2D eigenvalue weighted by Crippen LogP contribution is 2.16. The van der Waals surface area contributed by atoms with Gasteiger partial charge in [0.2, 0.25) is 6.41 Å². The van der Waals surface area contributed by atoms with Crippen LogP contribution in [0.2, 0.25) is 0 Å². The van der Waals surface area contributed by atoms with E-state index < -0.39 is 0 Å². The zero-order valence-corrected chi connectivity index (χ0v) is 6.40. The number of phenols is 1. The lowest BCUT2D eigenvalue weighted by molar-refractivity contribution is -0.108. The van der Waals surface area contributed by atoms with Gasteiger partial charge in [0.05, 0.1) is 0 Å². The fraction of sp³-hybridized carbons (Fsp3) is 0. The Morgan fingerprint density at radius 1 is 1.33 bits per heavy atom. The van der Waals surface area contributed by atoms with Gasteiger partial charge in [0, 0.05) is 11.8 Å². The van der Waals surface area contributed by atoms with Crippen LogP contribution in [0, 0.1) is 0 Å². The summed E-state index contributed by atoms with van der Waals surface area (Å²) in [6.45, 7) is 0. The van der Waals surface area contributed by atoms with Crippen LogP contribution in [0.3, 0.4) is 0 Å². The smallest absolute Gasteiger partial charge is 0.211 e. The molecule has 12 heavy (non-hydrogen) atoms. The Bertz CT molecular complexity index is 294. The second-order valence-corrected chi connectivity index (χ2v) is 2.18. The molecular weight excluding hydrogens is 154 g/mol. The number of carbonyl (C=O) groups excluding carboxylic acids is 1. The van der Waals surface area contributed by atoms with E-state index in [0.717, 1.165) is 0 Å². The van der Waals surface area contributed by atoms with Gasteiger partial charge in [-0.2, -0.15) is 0 Å². The second-order valence-electron chi connectivity index (χ2n) is 2.18. The number of hydrogen-bond acceptors (Lipinski definition) is 2. The maximum absolute atomic E-state index is 9.86. The predicted octanol–water partition coefficient (Wildman–Crippen LogP) is 1.11. The fourth-order valence-electron chi connectivity index (χ4n) is 0.806. The lowest BCUT2D eigenvalue weighted by Crippen LogP contribution is -1.97. The van der Waals surface area contributed by atoms with Crippen LogP contribution in [0.5, 0.6) is 5.75 Å². The van der Waals surface area contributed by atoms with Gasteiger partial charge in [-0.1, -0.05) is 18.2 Å². The first-order chi connectivity index (χ1) is 5.84. The zero-order valence-electron chi connectivity index (χ0n) is 6.40. The van der Waals surface area contributed by atoms with Gasteiger partial charge in [0.15, 0.2) is 0 Å². The number of aromatic hydroxyl groups is 1. The molecule has 0 atom stereocenters. The first-order valence-electron chi connectivity index (χ1n) is 3.49. The number of benzene rings is 1. The Balaban J connectivity index is 2.74. The molecule has 1 amide bonds. The van der Waals surface area contributed by atoms with E-state index in [4.69, 9.17) is 0 Å². The Morgan fingerprint density at radius 2 is 2.08 bits per heavy atom. The Morgan fingerprint density at radius 3 is 2.75 bits per heavy atom. The first-order valence-corrected chi connectivity index (χ1v) is 3.49. The lowest BCUT2D eigenvalue weighted by Gasteiger charge is -1.95. The summed E-state index contributed by atoms with van der Waals surface area (Å²) in [5.41, 5.74) is 0.673. The highest BCUT2D eigenvalue weighted by molar-refractivity contribution is 5.59. The third-order valence-electron chi connectivity index (χ3n) is 1.36. The Labute approximate surface area is 70.3 Å². The average Bonchev–Trinajstić information content (AvgIpc) is 2.09. The van der Waals surface area contributed by atoms with Crippen molar-refractivity contribution in [3.8, 4) is 5.75 Å². The minimum atomic E-state index is 0.196. The summed E-state index contributed by atoms with van der Waals surface area (Å²) < 4.78 is 0. The molecule has 3 nitrogen and oxygen atoms in total. The number of amides is 1. The molecule has 0 aromatic heterocycles. The van der Waals surface area contributed by atoms with Crippen molar-refractivity contribution in [1.29, 1.82) is 0 Å². The Hall–Kier alpha value is -1.77. The minimum Gasteiger partial charge on any atom is -0.507 e. The summed E-state index contributed by atoms with van der Waals surface area (Å²) in [5, 5.41) is 11.6. The van der Waals surface area contributed by atoms with Crippen molar-refractivity contribution < 1.29 is 9.90 Å². The largest absolute Gasteiger partial charge is 0.507 e. The monoisotopic (exact) mass is 163 g/mol. The maximum Gasteiger partial charge on any atom is 0.211 e. The fourth-order valence-corrected chi connectivity index (χ4v) is 0.806. The maximum atomic E-state index is 9.86. The predicted molar refractivity (Wildman–Crippen MR) is 46.3 cm³/mol. The quantitative estimate of drug-likeness (QED) is 0.656. The van der Waals surface area contributed by atoms with Crippen molar-refractivity contribution in [2.45, 2.75) is 0 Å². The normalized spacial score (nSPS) is 10.0. The van der Waals surface area contributed by atoms with Gasteiger partial charge in [-0.15, -0.1) is 0 Å². The van der Waals surface area contributed by atoms with E-state index in [0.29, 0.717) is 12.0 Å². The van der Waals surface area contributed by atoms with Crippen molar-refractivity contribution in [3.05, 3.63) is 36.0 Å². The molecule has 1 aromatic carbocycles. The molecule has 0 unspecified atom stereocenters. The molecule has 0 aliphatic heterocycles. The number of rotatable bonds is 3. The number of hydrogen-bond donors (Lipinski definition) is 2. The molecule has 1 rings (SSSR count). The molecule has 0 fully saturated rings. The van der Waals surface area contributed by atoms with Crippen LogP contribution in [0.25, 0.3) is 6.08 Å². The lowest BCUT2D eigenvalue weighted by atomic mass is 10.2. The molecule has 0 aliphatic carbocycles. The highest BCUT2D eigenvalue weighted by atomic mass is 16.3. The molecule has 0 saturated heterocycles. The van der Waals surface area contributed by atoms with Crippen LogP contribution in [-0.4, -0.2) is 11.5 Å². The van der Waals surface area contributed by atoms with Crippen LogP contribution in [0.1, 0.15) is 5.56 Å². The molecule has 0 spiro atoms. The van der Waals surface area contributed by atoms with E-state index >= 15 is 0 Å². The number of para-hydroxylation sites is 1. The van der Waals surface area contributed by atoms with Crippen molar-refractivity contribution >= 4 is 12.5 Å². The molecule has 0 bridgehead atoms. The molecule has 3 heteroatoms. The average molecular weight is 163 g/mol. The van der Waals surface area contributed by atoms with E-state index in [-0.39, 0.29) is 5.75 Å². The van der Waals surface area contributed by atoms with Gasteiger partial charge >= 0.3 is 0 Å². The van der Waals surface area contributed by atoms with Gasteiger partial charge in [-0.25, -0.2) is 0 Å². The third kappa shape index (κ3) is 2.12. The number of phenolic OH excluding ortho intramolecular Hbond substituents is 1. The zero-order chi connectivity index (χ0) is 8.81. The van der Waals surface area contributed by atoms with Crippen molar-refractivity contribution in [3.63, 3.8) is 0 Å². The summed E-state index contributed by atoms with van der Waals surface area (Å²) >= 11 is 0. The molecule has 0 saturated carbocycles. The van der Waals surface area contributed by atoms with Gasteiger partial charge in [-0.3, -0.25) is 4.79 Å². The van der Waals surface area contributed by atoms with Crippen LogP contribution in [0.15, 0.2) is 30.5 Å². The van der Waals surface area contributed by atoms with Gasteiger partial charge in [0.1, 0.15) is 5.75 Å². The van der Waals surface area contributed by atoms with E-state index in [1.54, 1.807) is 30.3 Å².